The first-order valence-electron chi connectivity index (χ1n) is 5.88. The summed E-state index contributed by atoms with van der Waals surface area (Å²) < 4.78 is 0. The average molecular weight is 208 g/mol. The van der Waals surface area contributed by atoms with Crippen LogP contribution in [-0.4, -0.2) is 29.9 Å². The minimum Gasteiger partial charge on any atom is -0.338 e. The lowest BCUT2D eigenvalue weighted by molar-refractivity contribution is -0.135. The molecular weight excluding hydrogens is 188 g/mol. The standard InChI is InChI=1S/C12H20N2O/c1-9-4-3-7-14(8-9)12(15)10-5-2-6-11(10)13/h4,10-11H,2-3,5-8,13H2,1H3. The van der Waals surface area contributed by atoms with Crippen LogP contribution < -0.4 is 5.73 Å². The maximum atomic E-state index is 12.2. The highest BCUT2D eigenvalue weighted by Gasteiger charge is 2.33. The van der Waals surface area contributed by atoms with Gasteiger partial charge in [-0.2, -0.15) is 0 Å². The third-order valence-corrected chi connectivity index (χ3v) is 3.53. The lowest BCUT2D eigenvalue weighted by Gasteiger charge is -2.29. The molecule has 1 amide bonds. The summed E-state index contributed by atoms with van der Waals surface area (Å²) in [5.41, 5.74) is 7.27. The van der Waals surface area contributed by atoms with Crippen LogP contribution in [0.3, 0.4) is 0 Å². The first-order valence-corrected chi connectivity index (χ1v) is 5.88. The molecule has 1 saturated carbocycles. The number of nitrogens with zero attached hydrogens (tertiary/aromatic N) is 1. The number of rotatable bonds is 1. The van der Waals surface area contributed by atoms with Crippen LogP contribution in [0.2, 0.25) is 0 Å². The van der Waals surface area contributed by atoms with E-state index in [-0.39, 0.29) is 17.9 Å². The molecule has 0 aromatic carbocycles. The van der Waals surface area contributed by atoms with Crippen molar-refractivity contribution in [1.82, 2.24) is 4.90 Å². The molecule has 2 rings (SSSR count). The van der Waals surface area contributed by atoms with E-state index in [1.807, 2.05) is 4.90 Å². The van der Waals surface area contributed by atoms with Crippen LogP contribution in [0.5, 0.6) is 0 Å². The Balaban J connectivity index is 1.98. The number of nitrogens with two attached hydrogens (primary N) is 1. The van der Waals surface area contributed by atoms with E-state index in [0.29, 0.717) is 0 Å². The number of carbonyl (C=O) groups is 1. The van der Waals surface area contributed by atoms with Gasteiger partial charge in [-0.3, -0.25) is 4.79 Å². The van der Waals surface area contributed by atoms with E-state index in [0.717, 1.165) is 38.8 Å². The second-order valence-electron chi connectivity index (χ2n) is 4.80. The molecule has 3 nitrogen and oxygen atoms in total. The van der Waals surface area contributed by atoms with Gasteiger partial charge in [-0.25, -0.2) is 0 Å². The van der Waals surface area contributed by atoms with Gasteiger partial charge in [0.2, 0.25) is 5.91 Å². The Morgan fingerprint density at radius 1 is 1.53 bits per heavy atom. The maximum Gasteiger partial charge on any atom is 0.227 e. The molecule has 2 unspecified atom stereocenters. The van der Waals surface area contributed by atoms with Gasteiger partial charge >= 0.3 is 0 Å². The van der Waals surface area contributed by atoms with Crippen LogP contribution in [-0.2, 0) is 4.79 Å². The zero-order valence-electron chi connectivity index (χ0n) is 9.41. The van der Waals surface area contributed by atoms with Gasteiger partial charge in [0.05, 0.1) is 5.92 Å². The van der Waals surface area contributed by atoms with E-state index >= 15 is 0 Å². The summed E-state index contributed by atoms with van der Waals surface area (Å²) in [6.45, 7) is 3.77. The molecule has 0 spiro atoms. The van der Waals surface area contributed by atoms with Gasteiger partial charge in [0.1, 0.15) is 0 Å². The molecule has 1 aliphatic carbocycles. The second-order valence-corrected chi connectivity index (χ2v) is 4.80. The molecule has 2 N–H and O–H groups in total. The van der Waals surface area contributed by atoms with Crippen molar-refractivity contribution in [2.45, 2.75) is 38.6 Å². The van der Waals surface area contributed by atoms with Gasteiger partial charge < -0.3 is 10.6 Å². The number of hydrogen-bond acceptors (Lipinski definition) is 2. The van der Waals surface area contributed by atoms with Crippen LogP contribution in [0.25, 0.3) is 0 Å². The normalized spacial score (nSPS) is 31.6. The molecule has 0 bridgehead atoms. The highest BCUT2D eigenvalue weighted by Crippen LogP contribution is 2.26. The molecule has 0 saturated heterocycles. The van der Waals surface area contributed by atoms with Gasteiger partial charge in [-0.15, -0.1) is 0 Å². The molecule has 0 aromatic rings. The average Bonchev–Trinajstić information content (AvgIpc) is 2.63. The summed E-state index contributed by atoms with van der Waals surface area (Å²) in [6.07, 6.45) is 6.33. The molecule has 2 atom stereocenters. The van der Waals surface area contributed by atoms with Crippen LogP contribution in [0, 0.1) is 5.92 Å². The first-order chi connectivity index (χ1) is 7.18. The Labute approximate surface area is 91.3 Å². The third kappa shape index (κ3) is 2.23. The zero-order chi connectivity index (χ0) is 10.8. The Morgan fingerprint density at radius 2 is 2.33 bits per heavy atom. The Kier molecular flexibility index (Phi) is 3.10. The Morgan fingerprint density at radius 3 is 2.93 bits per heavy atom. The van der Waals surface area contributed by atoms with E-state index in [2.05, 4.69) is 13.0 Å². The van der Waals surface area contributed by atoms with Crippen molar-refractivity contribution in [1.29, 1.82) is 0 Å². The van der Waals surface area contributed by atoms with Crippen LogP contribution >= 0.6 is 0 Å². The number of amides is 1. The van der Waals surface area contributed by atoms with Crippen LogP contribution in [0.4, 0.5) is 0 Å². The lowest BCUT2D eigenvalue weighted by atomic mass is 10.0. The van der Waals surface area contributed by atoms with Crippen molar-refractivity contribution < 1.29 is 4.79 Å². The molecule has 1 heterocycles. The van der Waals surface area contributed by atoms with Gasteiger partial charge in [0.15, 0.2) is 0 Å². The van der Waals surface area contributed by atoms with Crippen molar-refractivity contribution in [3.8, 4) is 0 Å². The molecule has 84 valence electrons. The van der Waals surface area contributed by atoms with Crippen LogP contribution in [0.1, 0.15) is 32.6 Å². The fraction of sp³-hybridized carbons (Fsp3) is 0.750. The van der Waals surface area contributed by atoms with E-state index < -0.39 is 0 Å². The molecule has 15 heavy (non-hydrogen) atoms. The molecule has 0 radical (unpaired) electrons. The Bertz CT molecular complexity index is 285. The fourth-order valence-corrected chi connectivity index (χ4v) is 2.63. The molecular formula is C12H20N2O. The monoisotopic (exact) mass is 208 g/mol. The van der Waals surface area contributed by atoms with Crippen molar-refractivity contribution in [2.75, 3.05) is 13.1 Å². The van der Waals surface area contributed by atoms with Crippen molar-refractivity contribution in [2.24, 2.45) is 11.7 Å². The van der Waals surface area contributed by atoms with Crippen molar-refractivity contribution in [3.63, 3.8) is 0 Å². The topological polar surface area (TPSA) is 46.3 Å². The summed E-state index contributed by atoms with van der Waals surface area (Å²) >= 11 is 0. The van der Waals surface area contributed by atoms with Crippen LogP contribution in [0.15, 0.2) is 11.6 Å². The van der Waals surface area contributed by atoms with Gasteiger partial charge in [-0.05, 0) is 26.2 Å². The largest absolute Gasteiger partial charge is 0.338 e. The smallest absolute Gasteiger partial charge is 0.227 e. The van der Waals surface area contributed by atoms with E-state index in [1.54, 1.807) is 0 Å². The maximum absolute atomic E-state index is 12.2. The lowest BCUT2D eigenvalue weighted by Crippen LogP contribution is -2.43. The summed E-state index contributed by atoms with van der Waals surface area (Å²) in [5.74, 6) is 0.378. The molecule has 1 aliphatic heterocycles. The van der Waals surface area contributed by atoms with Gasteiger partial charge in [0.25, 0.3) is 0 Å². The minimum atomic E-state index is 0.0934. The summed E-state index contributed by atoms with van der Waals surface area (Å²) in [7, 11) is 0. The predicted octanol–water partition coefficient (Wildman–Crippen LogP) is 1.29. The van der Waals surface area contributed by atoms with Crippen molar-refractivity contribution in [3.05, 3.63) is 11.6 Å². The van der Waals surface area contributed by atoms with E-state index in [9.17, 15) is 4.79 Å². The zero-order valence-corrected chi connectivity index (χ0v) is 9.41. The predicted molar refractivity (Wildman–Crippen MR) is 60.3 cm³/mol. The SMILES string of the molecule is CC1=CCCN(C(=O)C2CCCC2N)C1. The third-order valence-electron chi connectivity index (χ3n) is 3.53. The molecule has 3 heteroatoms. The highest BCUT2D eigenvalue weighted by molar-refractivity contribution is 5.80. The quantitative estimate of drug-likeness (QED) is 0.660. The summed E-state index contributed by atoms with van der Waals surface area (Å²) in [5, 5.41) is 0. The number of hydrogen-bond donors (Lipinski definition) is 1. The molecule has 0 aromatic heterocycles. The van der Waals surface area contributed by atoms with Gasteiger partial charge in [0, 0.05) is 19.1 Å². The van der Waals surface area contributed by atoms with E-state index in [4.69, 9.17) is 5.73 Å². The highest BCUT2D eigenvalue weighted by atomic mass is 16.2. The molecule has 1 fully saturated rings. The fourth-order valence-electron chi connectivity index (χ4n) is 2.63. The van der Waals surface area contributed by atoms with Crippen molar-refractivity contribution >= 4 is 5.91 Å². The minimum absolute atomic E-state index is 0.0934. The van der Waals surface area contributed by atoms with Gasteiger partial charge in [-0.1, -0.05) is 18.1 Å². The number of carbonyl (C=O) groups excluding carboxylic acids is 1. The Hall–Kier alpha value is -0.830. The summed E-state index contributed by atoms with van der Waals surface area (Å²) in [4.78, 5) is 14.2. The summed E-state index contributed by atoms with van der Waals surface area (Å²) in [6, 6.07) is 0.101. The second kappa shape index (κ2) is 4.35. The first kappa shape index (κ1) is 10.7. The molecule has 2 aliphatic rings. The van der Waals surface area contributed by atoms with E-state index in [1.165, 1.54) is 5.57 Å².